The molecule has 1 N–H and O–H groups in total. The van der Waals surface area contributed by atoms with Crippen molar-refractivity contribution in [1.29, 1.82) is 0 Å². The van der Waals surface area contributed by atoms with Gasteiger partial charge in [0, 0.05) is 13.1 Å². The zero-order valence-corrected chi connectivity index (χ0v) is 16.2. The summed E-state index contributed by atoms with van der Waals surface area (Å²) in [7, 11) is 2.21. The van der Waals surface area contributed by atoms with Crippen molar-refractivity contribution in [2.75, 3.05) is 26.7 Å². The van der Waals surface area contributed by atoms with E-state index >= 15 is 0 Å². The number of likely N-dealkylation sites (tertiary alicyclic amines) is 1. The van der Waals surface area contributed by atoms with E-state index in [0.29, 0.717) is 21.9 Å². The van der Waals surface area contributed by atoms with E-state index in [1.807, 2.05) is 6.07 Å². The Bertz CT molecular complexity index is 667. The van der Waals surface area contributed by atoms with Crippen LogP contribution in [0.15, 0.2) is 48.5 Å². The number of hydrogen-bond acceptors (Lipinski definition) is 2. The van der Waals surface area contributed by atoms with Crippen molar-refractivity contribution in [1.82, 2.24) is 10.2 Å². The molecule has 1 aliphatic heterocycles. The van der Waals surface area contributed by atoms with E-state index in [9.17, 15) is 0 Å². The number of rotatable bonds is 6. The second-order valence-electron chi connectivity index (χ2n) is 7.04. The van der Waals surface area contributed by atoms with E-state index in [4.69, 9.17) is 23.2 Å². The molecule has 2 nitrogen and oxygen atoms in total. The largest absolute Gasteiger partial charge is 0.312 e. The Morgan fingerprint density at radius 1 is 1.04 bits per heavy atom. The Kier molecular flexibility index (Phi) is 6.77. The minimum absolute atomic E-state index is 0.465. The van der Waals surface area contributed by atoms with Gasteiger partial charge in [-0.2, -0.15) is 0 Å². The lowest BCUT2D eigenvalue weighted by Crippen LogP contribution is -2.35. The van der Waals surface area contributed by atoms with Crippen LogP contribution in [0.5, 0.6) is 0 Å². The lowest BCUT2D eigenvalue weighted by molar-refractivity contribution is 0.196. The van der Waals surface area contributed by atoms with Gasteiger partial charge >= 0.3 is 0 Å². The molecule has 1 unspecified atom stereocenters. The molecule has 1 atom stereocenters. The van der Waals surface area contributed by atoms with Gasteiger partial charge < -0.3 is 10.2 Å². The first-order valence-electron chi connectivity index (χ1n) is 9.01. The lowest BCUT2D eigenvalue weighted by atomic mass is 9.80. The van der Waals surface area contributed by atoms with Crippen LogP contribution in [0.3, 0.4) is 0 Å². The van der Waals surface area contributed by atoms with Crippen molar-refractivity contribution >= 4 is 23.2 Å². The summed E-state index contributed by atoms with van der Waals surface area (Å²) in [4.78, 5) is 2.42. The van der Waals surface area contributed by atoms with Crippen molar-refractivity contribution in [3.8, 4) is 0 Å². The van der Waals surface area contributed by atoms with Crippen molar-refractivity contribution < 1.29 is 0 Å². The SMILES string of the molecule is CN1CCC(C(CNCc2ccccc2)c2ccc(Cl)c(Cl)c2)CC1. The van der Waals surface area contributed by atoms with Gasteiger partial charge in [0.05, 0.1) is 10.0 Å². The molecule has 0 aromatic heterocycles. The molecular formula is C21H26Cl2N2. The highest BCUT2D eigenvalue weighted by Crippen LogP contribution is 2.35. The topological polar surface area (TPSA) is 15.3 Å². The van der Waals surface area contributed by atoms with Crippen molar-refractivity contribution in [2.45, 2.75) is 25.3 Å². The number of halogens is 2. The minimum Gasteiger partial charge on any atom is -0.312 e. The van der Waals surface area contributed by atoms with E-state index in [0.717, 1.165) is 13.1 Å². The summed E-state index contributed by atoms with van der Waals surface area (Å²) in [6.45, 7) is 4.19. The van der Waals surface area contributed by atoms with E-state index in [1.54, 1.807) is 0 Å². The molecule has 25 heavy (non-hydrogen) atoms. The number of benzene rings is 2. The maximum Gasteiger partial charge on any atom is 0.0595 e. The Morgan fingerprint density at radius 2 is 1.76 bits per heavy atom. The second-order valence-corrected chi connectivity index (χ2v) is 7.85. The molecule has 134 valence electrons. The van der Waals surface area contributed by atoms with Gasteiger partial charge in [-0.15, -0.1) is 0 Å². The number of piperidine rings is 1. The number of nitrogens with zero attached hydrogens (tertiary/aromatic N) is 1. The normalized spacial score (nSPS) is 17.6. The monoisotopic (exact) mass is 376 g/mol. The molecule has 2 aromatic rings. The summed E-state index contributed by atoms with van der Waals surface area (Å²) in [5, 5.41) is 4.94. The summed E-state index contributed by atoms with van der Waals surface area (Å²) >= 11 is 12.4. The first-order valence-corrected chi connectivity index (χ1v) is 9.77. The molecule has 1 heterocycles. The molecule has 0 bridgehead atoms. The molecule has 1 aliphatic rings. The second kappa shape index (κ2) is 9.05. The summed E-state index contributed by atoms with van der Waals surface area (Å²) in [5.41, 5.74) is 2.61. The van der Waals surface area contributed by atoms with Gasteiger partial charge in [-0.25, -0.2) is 0 Å². The zero-order chi connectivity index (χ0) is 17.6. The third-order valence-corrected chi connectivity index (χ3v) is 5.98. The third-order valence-electron chi connectivity index (χ3n) is 5.24. The van der Waals surface area contributed by atoms with Crippen molar-refractivity contribution in [2.24, 2.45) is 5.92 Å². The molecule has 2 aromatic carbocycles. The molecule has 0 spiro atoms. The standard InChI is InChI=1S/C21H26Cl2N2/c1-25-11-9-17(10-12-25)19(18-7-8-20(22)21(23)13-18)15-24-14-16-5-3-2-4-6-16/h2-8,13,17,19,24H,9-12,14-15H2,1H3. The molecule has 3 rings (SSSR count). The summed E-state index contributed by atoms with van der Waals surface area (Å²) in [6.07, 6.45) is 2.46. The van der Waals surface area contributed by atoms with Gasteiger partial charge in [-0.3, -0.25) is 0 Å². The predicted octanol–water partition coefficient (Wildman–Crippen LogP) is 5.21. The van der Waals surface area contributed by atoms with Gasteiger partial charge in [-0.05, 0) is 68.1 Å². The first-order chi connectivity index (χ1) is 12.1. The van der Waals surface area contributed by atoms with E-state index in [2.05, 4.69) is 59.7 Å². The van der Waals surface area contributed by atoms with Crippen LogP contribution in [0.2, 0.25) is 10.0 Å². The van der Waals surface area contributed by atoms with Crippen molar-refractivity contribution in [3.05, 3.63) is 69.7 Å². The quantitative estimate of drug-likeness (QED) is 0.744. The maximum absolute atomic E-state index is 6.29. The Morgan fingerprint density at radius 3 is 2.44 bits per heavy atom. The average Bonchev–Trinajstić information content (AvgIpc) is 2.63. The zero-order valence-electron chi connectivity index (χ0n) is 14.7. The fraction of sp³-hybridized carbons (Fsp3) is 0.429. The van der Waals surface area contributed by atoms with Gasteiger partial charge in [-0.1, -0.05) is 59.6 Å². The molecule has 0 aliphatic carbocycles. The first kappa shape index (κ1) is 18.7. The molecule has 0 radical (unpaired) electrons. The Hall–Kier alpha value is -1.06. The van der Waals surface area contributed by atoms with Crippen LogP contribution in [0.25, 0.3) is 0 Å². The third kappa shape index (κ3) is 5.21. The number of nitrogens with one attached hydrogen (secondary N) is 1. The molecule has 0 saturated carbocycles. The highest BCUT2D eigenvalue weighted by molar-refractivity contribution is 6.42. The molecule has 1 fully saturated rings. The van der Waals surface area contributed by atoms with Crippen LogP contribution in [0, 0.1) is 5.92 Å². The van der Waals surface area contributed by atoms with Gasteiger partial charge in [0.1, 0.15) is 0 Å². The van der Waals surface area contributed by atoms with Crippen LogP contribution >= 0.6 is 23.2 Å². The highest BCUT2D eigenvalue weighted by Gasteiger charge is 2.26. The van der Waals surface area contributed by atoms with Crippen LogP contribution in [-0.4, -0.2) is 31.6 Å². The van der Waals surface area contributed by atoms with Crippen LogP contribution < -0.4 is 5.32 Å². The van der Waals surface area contributed by atoms with Crippen LogP contribution in [-0.2, 0) is 6.54 Å². The molecule has 0 amide bonds. The van der Waals surface area contributed by atoms with Crippen LogP contribution in [0.1, 0.15) is 29.9 Å². The summed E-state index contributed by atoms with van der Waals surface area (Å²) in [5.74, 6) is 1.14. The van der Waals surface area contributed by atoms with E-state index in [-0.39, 0.29) is 0 Å². The molecular weight excluding hydrogens is 351 g/mol. The Labute approximate surface area is 161 Å². The summed E-state index contributed by atoms with van der Waals surface area (Å²) < 4.78 is 0. The molecule has 1 saturated heterocycles. The fourth-order valence-corrected chi connectivity index (χ4v) is 4.01. The Balaban J connectivity index is 1.70. The lowest BCUT2D eigenvalue weighted by Gasteiger charge is -2.35. The van der Waals surface area contributed by atoms with Gasteiger partial charge in [0.15, 0.2) is 0 Å². The average molecular weight is 377 g/mol. The van der Waals surface area contributed by atoms with E-state index < -0.39 is 0 Å². The fourth-order valence-electron chi connectivity index (χ4n) is 3.70. The van der Waals surface area contributed by atoms with Gasteiger partial charge in [0.2, 0.25) is 0 Å². The van der Waals surface area contributed by atoms with Gasteiger partial charge in [0.25, 0.3) is 0 Å². The minimum atomic E-state index is 0.465. The predicted molar refractivity (Wildman–Crippen MR) is 108 cm³/mol. The maximum atomic E-state index is 6.29. The smallest absolute Gasteiger partial charge is 0.0595 e. The highest BCUT2D eigenvalue weighted by atomic mass is 35.5. The van der Waals surface area contributed by atoms with Crippen molar-refractivity contribution in [3.63, 3.8) is 0 Å². The van der Waals surface area contributed by atoms with Crippen LogP contribution in [0.4, 0.5) is 0 Å². The number of hydrogen-bond donors (Lipinski definition) is 1. The van der Waals surface area contributed by atoms with E-state index in [1.165, 1.54) is 37.1 Å². The molecule has 4 heteroatoms. The summed E-state index contributed by atoms with van der Waals surface area (Å²) in [6, 6.07) is 16.7.